The molecule has 0 saturated carbocycles. The molecule has 1 unspecified atom stereocenters. The largest absolute Gasteiger partial charge is 0.435 e. The quantitative estimate of drug-likeness (QED) is 0.526. The van der Waals surface area contributed by atoms with Crippen LogP contribution < -0.4 is 21.5 Å². The summed E-state index contributed by atoms with van der Waals surface area (Å²) >= 11 is 6.16. The van der Waals surface area contributed by atoms with Crippen LogP contribution in [0.25, 0.3) is 5.69 Å². The van der Waals surface area contributed by atoms with Gasteiger partial charge in [-0.2, -0.15) is 9.94 Å². The van der Waals surface area contributed by atoms with E-state index >= 15 is 0 Å². The van der Waals surface area contributed by atoms with Crippen LogP contribution in [-0.2, 0) is 0 Å². The first-order chi connectivity index (χ1) is 16.5. The lowest BCUT2D eigenvalue weighted by Gasteiger charge is -2.12. The molecule has 10 nitrogen and oxygen atoms in total. The molecule has 0 aliphatic carbocycles. The van der Waals surface area contributed by atoms with Gasteiger partial charge in [0.25, 0.3) is 11.1 Å². The Labute approximate surface area is 189 Å². The zero-order chi connectivity index (χ0) is 27.3. The van der Waals surface area contributed by atoms with Crippen molar-refractivity contribution in [3.63, 3.8) is 0 Å². The SMILES string of the molecule is [2H]c1c(Br)c(Oc2n[nH]c(=O)c(C([2H])(C)C([2H])([2H])[2H])c2[2H])c(Br)c([2H])c1-n1nc(C#N)c(=O)[nH]c1=O. The van der Waals surface area contributed by atoms with Crippen LogP contribution in [0.4, 0.5) is 0 Å². The zero-order valence-electron chi connectivity index (χ0n) is 21.2. The van der Waals surface area contributed by atoms with E-state index in [9.17, 15) is 14.4 Å². The van der Waals surface area contributed by atoms with E-state index in [-0.39, 0.29) is 14.7 Å². The summed E-state index contributed by atoms with van der Waals surface area (Å²) in [5.41, 5.74) is -5.18. The predicted molar refractivity (Wildman–Crippen MR) is 110 cm³/mol. The van der Waals surface area contributed by atoms with Crippen molar-refractivity contribution in [3.05, 3.63) is 69.5 Å². The minimum Gasteiger partial charge on any atom is -0.435 e. The van der Waals surface area contributed by atoms with Crippen molar-refractivity contribution in [3.8, 4) is 23.4 Å². The summed E-state index contributed by atoms with van der Waals surface area (Å²) in [5.74, 6) is -3.48. The molecule has 29 heavy (non-hydrogen) atoms. The number of nitriles is 1. The molecule has 3 aromatic rings. The Bertz CT molecular complexity index is 1600. The number of hydrogen-bond donors (Lipinski definition) is 2. The molecular formula is C17H12Br2N6O4. The summed E-state index contributed by atoms with van der Waals surface area (Å²) in [4.78, 5) is 38.0. The number of aromatic amines is 2. The molecule has 0 bridgehead atoms. The normalized spacial score (nSPS) is 16.7. The number of benzene rings is 1. The third kappa shape index (κ3) is 4.20. The van der Waals surface area contributed by atoms with Gasteiger partial charge in [0, 0.05) is 17.1 Å². The van der Waals surface area contributed by atoms with E-state index in [4.69, 9.17) is 19.6 Å². The molecule has 2 N–H and O–H groups in total. The first-order valence-electron chi connectivity index (χ1n) is 10.9. The van der Waals surface area contributed by atoms with Crippen LogP contribution in [0.3, 0.4) is 0 Å². The minimum absolute atomic E-state index is 0.211. The lowest BCUT2D eigenvalue weighted by atomic mass is 10.1. The van der Waals surface area contributed by atoms with Gasteiger partial charge in [0.1, 0.15) is 6.07 Å². The van der Waals surface area contributed by atoms with Crippen molar-refractivity contribution < 1.29 is 14.3 Å². The number of halogens is 2. The van der Waals surface area contributed by atoms with Crippen LogP contribution in [0.1, 0.15) is 40.5 Å². The van der Waals surface area contributed by atoms with Crippen molar-refractivity contribution in [1.82, 2.24) is 25.0 Å². The number of rotatable bonds is 4. The van der Waals surface area contributed by atoms with Crippen LogP contribution in [0, 0.1) is 11.3 Å². The summed E-state index contributed by atoms with van der Waals surface area (Å²) in [6, 6.07) is -0.454. The zero-order valence-corrected chi connectivity index (χ0v) is 17.3. The van der Waals surface area contributed by atoms with Crippen LogP contribution >= 0.6 is 31.9 Å². The van der Waals surface area contributed by atoms with Crippen molar-refractivity contribution in [1.29, 1.82) is 5.26 Å². The van der Waals surface area contributed by atoms with Crippen LogP contribution in [-0.4, -0.2) is 25.0 Å². The number of ether oxygens (including phenoxy) is 1. The molecule has 0 fully saturated rings. The highest BCUT2D eigenvalue weighted by Crippen LogP contribution is 2.38. The number of H-pyrrole nitrogens is 2. The summed E-state index contributed by atoms with van der Waals surface area (Å²) in [6.07, 6.45) is 0. The Kier molecular flexibility index (Phi) is 3.71. The third-order valence-electron chi connectivity index (χ3n) is 3.29. The van der Waals surface area contributed by atoms with Crippen molar-refractivity contribution in [2.24, 2.45) is 0 Å². The Morgan fingerprint density at radius 1 is 1.31 bits per heavy atom. The van der Waals surface area contributed by atoms with E-state index in [2.05, 4.69) is 42.1 Å². The highest BCUT2D eigenvalue weighted by atomic mass is 79.9. The second-order valence-corrected chi connectivity index (χ2v) is 6.86. The Morgan fingerprint density at radius 2 is 2.00 bits per heavy atom. The summed E-state index contributed by atoms with van der Waals surface area (Å²) in [6.45, 7) is -2.06. The number of aromatic nitrogens is 5. The molecule has 0 aliphatic heterocycles. The fourth-order valence-electron chi connectivity index (χ4n) is 2.03. The van der Waals surface area contributed by atoms with Gasteiger partial charge in [0.2, 0.25) is 11.6 Å². The van der Waals surface area contributed by atoms with E-state index < -0.39 is 70.5 Å². The van der Waals surface area contributed by atoms with Gasteiger partial charge in [-0.25, -0.2) is 9.89 Å². The molecule has 0 aliphatic rings. The van der Waals surface area contributed by atoms with Crippen molar-refractivity contribution in [2.45, 2.75) is 19.7 Å². The van der Waals surface area contributed by atoms with Gasteiger partial charge in [-0.15, -0.1) is 10.2 Å². The predicted octanol–water partition coefficient (Wildman–Crippen LogP) is 2.32. The standard InChI is InChI=1S/C17H12Br2N6O4/c1-7(2)9-5-13(22-23-15(9)26)29-14-10(18)3-8(4-11(14)19)25-17(28)21-16(27)12(6-20)24-25/h3-5,7H,1-2H3,(H,23,26)(H,21,27,28)/i1D3,3D,4D,5D,7D. The Hall–Kier alpha value is -3.04. The molecule has 0 radical (unpaired) electrons. The van der Waals surface area contributed by atoms with Crippen LogP contribution in [0.2, 0.25) is 0 Å². The topological polar surface area (TPSA) is 147 Å². The van der Waals surface area contributed by atoms with Crippen LogP contribution in [0.15, 0.2) is 41.5 Å². The molecule has 0 spiro atoms. The molecule has 0 saturated heterocycles. The van der Waals surface area contributed by atoms with Gasteiger partial charge in [-0.1, -0.05) is 13.8 Å². The first kappa shape index (κ1) is 13.2. The van der Waals surface area contributed by atoms with E-state index in [1.807, 2.05) is 10.1 Å². The van der Waals surface area contributed by atoms with E-state index in [1.54, 1.807) is 0 Å². The number of nitrogens with one attached hydrogen (secondary N) is 2. The van der Waals surface area contributed by atoms with Gasteiger partial charge in [0.15, 0.2) is 5.75 Å². The summed E-state index contributed by atoms with van der Waals surface area (Å²) in [5, 5.41) is 18.2. The van der Waals surface area contributed by atoms with E-state index in [0.717, 1.165) is 6.92 Å². The van der Waals surface area contributed by atoms with Gasteiger partial charge < -0.3 is 4.74 Å². The van der Waals surface area contributed by atoms with E-state index in [0.29, 0.717) is 4.68 Å². The molecular weight excluding hydrogens is 512 g/mol. The Balaban J connectivity index is 2.24. The average molecular weight is 531 g/mol. The molecule has 12 heteroatoms. The monoisotopic (exact) mass is 529 g/mol. The smallest absolute Gasteiger partial charge is 0.349 e. The number of nitrogens with zero attached hydrogens (tertiary/aromatic N) is 4. The maximum atomic E-state index is 12.3. The molecule has 0 amide bonds. The minimum atomic E-state index is -2.99. The third-order valence-corrected chi connectivity index (χ3v) is 4.41. The molecule has 1 atom stereocenters. The maximum Gasteiger partial charge on any atom is 0.349 e. The maximum absolute atomic E-state index is 12.3. The lowest BCUT2D eigenvalue weighted by molar-refractivity contribution is 0.446. The van der Waals surface area contributed by atoms with Crippen molar-refractivity contribution in [2.75, 3.05) is 0 Å². The molecule has 2 aromatic heterocycles. The summed E-state index contributed by atoms with van der Waals surface area (Å²) < 4.78 is 61.5. The molecule has 148 valence electrons. The Morgan fingerprint density at radius 3 is 2.62 bits per heavy atom. The van der Waals surface area contributed by atoms with Gasteiger partial charge in [-0.3, -0.25) is 14.6 Å². The molecule has 3 rings (SSSR count). The van der Waals surface area contributed by atoms with Crippen molar-refractivity contribution >= 4 is 31.9 Å². The van der Waals surface area contributed by atoms with Gasteiger partial charge in [0.05, 0.1) is 18.7 Å². The van der Waals surface area contributed by atoms with Gasteiger partial charge in [-0.05, 0) is 49.8 Å². The second-order valence-electron chi connectivity index (χ2n) is 5.27. The number of hydrogen-bond acceptors (Lipinski definition) is 7. The molecule has 1 aromatic carbocycles. The highest BCUT2D eigenvalue weighted by Gasteiger charge is 2.16. The van der Waals surface area contributed by atoms with E-state index in [1.165, 1.54) is 6.07 Å². The molecule has 2 heterocycles. The summed E-state index contributed by atoms with van der Waals surface area (Å²) in [7, 11) is 0. The fraction of sp³-hybridized carbons (Fsp3) is 0.176. The second kappa shape index (κ2) is 8.14. The van der Waals surface area contributed by atoms with Crippen LogP contribution in [0.5, 0.6) is 11.6 Å². The average Bonchev–Trinajstić information content (AvgIpc) is 2.77. The lowest BCUT2D eigenvalue weighted by Crippen LogP contribution is -2.33. The van der Waals surface area contributed by atoms with Gasteiger partial charge >= 0.3 is 5.69 Å². The fourth-order valence-corrected chi connectivity index (χ4v) is 3.23. The highest BCUT2D eigenvalue weighted by molar-refractivity contribution is 9.11. The first-order valence-corrected chi connectivity index (χ1v) is 9.03.